The van der Waals surface area contributed by atoms with Crippen molar-refractivity contribution in [3.05, 3.63) is 58.8 Å². The molecule has 0 atom stereocenters. The van der Waals surface area contributed by atoms with Crippen LogP contribution in [0.3, 0.4) is 0 Å². The van der Waals surface area contributed by atoms with E-state index in [1.165, 1.54) is 12.3 Å². The predicted molar refractivity (Wildman–Crippen MR) is 105 cm³/mol. The molecule has 0 unspecified atom stereocenters. The SMILES string of the molecule is Cc1nc2c(C#N)cnn2c(C)c1CCC(=O)NCCCOc1ccccc1F. The molecule has 2 aromatic heterocycles. The van der Waals surface area contributed by atoms with Crippen LogP contribution in [0.2, 0.25) is 0 Å². The van der Waals surface area contributed by atoms with E-state index in [0.29, 0.717) is 43.6 Å². The molecule has 0 saturated heterocycles. The third kappa shape index (κ3) is 4.69. The number of benzene rings is 1. The molecule has 150 valence electrons. The van der Waals surface area contributed by atoms with Crippen molar-refractivity contribution < 1.29 is 13.9 Å². The summed E-state index contributed by atoms with van der Waals surface area (Å²) in [5.41, 5.74) is 3.57. The molecule has 1 aromatic carbocycles. The van der Waals surface area contributed by atoms with E-state index in [4.69, 9.17) is 10.00 Å². The average Bonchev–Trinajstić information content (AvgIpc) is 3.11. The lowest BCUT2D eigenvalue weighted by Crippen LogP contribution is -2.26. The molecule has 0 fully saturated rings. The highest BCUT2D eigenvalue weighted by Crippen LogP contribution is 2.18. The van der Waals surface area contributed by atoms with E-state index in [-0.39, 0.29) is 11.7 Å². The molecular formula is C21H22FN5O2. The smallest absolute Gasteiger partial charge is 0.220 e. The molecule has 0 aliphatic heterocycles. The molecule has 0 aliphatic rings. The molecule has 1 amide bonds. The molecule has 0 radical (unpaired) electrons. The van der Waals surface area contributed by atoms with Gasteiger partial charge in [-0.25, -0.2) is 13.9 Å². The number of carbonyl (C=O) groups excluding carboxylic acids is 1. The van der Waals surface area contributed by atoms with Gasteiger partial charge in [0.05, 0.1) is 12.8 Å². The number of nitrogens with zero attached hydrogens (tertiary/aromatic N) is 4. The molecule has 3 rings (SSSR count). The summed E-state index contributed by atoms with van der Waals surface area (Å²) in [7, 11) is 0. The maximum atomic E-state index is 13.5. The summed E-state index contributed by atoms with van der Waals surface area (Å²) in [5.74, 6) is -0.259. The number of fused-ring (bicyclic) bond motifs is 1. The van der Waals surface area contributed by atoms with E-state index >= 15 is 0 Å². The number of aromatic nitrogens is 3. The summed E-state index contributed by atoms with van der Waals surface area (Å²) in [6, 6.07) is 8.31. The van der Waals surface area contributed by atoms with Crippen molar-refractivity contribution in [2.45, 2.75) is 33.1 Å². The second-order valence-corrected chi connectivity index (χ2v) is 6.65. The van der Waals surface area contributed by atoms with Gasteiger partial charge in [0.25, 0.3) is 0 Å². The maximum absolute atomic E-state index is 13.5. The van der Waals surface area contributed by atoms with Crippen molar-refractivity contribution in [1.29, 1.82) is 5.26 Å². The number of nitriles is 1. The fourth-order valence-electron chi connectivity index (χ4n) is 3.12. The largest absolute Gasteiger partial charge is 0.490 e. The van der Waals surface area contributed by atoms with Crippen LogP contribution in [0.5, 0.6) is 5.75 Å². The third-order valence-electron chi connectivity index (χ3n) is 4.67. The van der Waals surface area contributed by atoms with Gasteiger partial charge in [0, 0.05) is 24.4 Å². The second kappa shape index (κ2) is 9.15. The minimum Gasteiger partial charge on any atom is -0.490 e. The van der Waals surface area contributed by atoms with E-state index in [9.17, 15) is 9.18 Å². The quantitative estimate of drug-likeness (QED) is 0.592. The molecule has 0 saturated carbocycles. The summed E-state index contributed by atoms with van der Waals surface area (Å²) >= 11 is 0. The molecule has 7 nitrogen and oxygen atoms in total. The van der Waals surface area contributed by atoms with E-state index in [1.807, 2.05) is 13.8 Å². The lowest BCUT2D eigenvalue weighted by molar-refractivity contribution is -0.121. The average molecular weight is 395 g/mol. The fraction of sp³-hybridized carbons (Fsp3) is 0.333. The number of halogens is 1. The Balaban J connectivity index is 1.47. The van der Waals surface area contributed by atoms with Crippen molar-refractivity contribution in [3.63, 3.8) is 0 Å². The van der Waals surface area contributed by atoms with Crippen LogP contribution in [-0.4, -0.2) is 33.7 Å². The standard InChI is InChI=1S/C21H22FN5O2/c1-14-17(15(2)27-21(26-14)16(12-23)13-25-27)8-9-20(28)24-10-5-11-29-19-7-4-3-6-18(19)22/h3-4,6-7,13H,5,8-11H2,1-2H3,(H,24,28). The number of amides is 1. The second-order valence-electron chi connectivity index (χ2n) is 6.65. The molecule has 0 spiro atoms. The Morgan fingerprint density at radius 3 is 2.90 bits per heavy atom. The van der Waals surface area contributed by atoms with E-state index in [1.54, 1.807) is 22.7 Å². The third-order valence-corrected chi connectivity index (χ3v) is 4.67. The number of nitrogens with one attached hydrogen (secondary N) is 1. The Hall–Kier alpha value is -3.47. The number of carbonyl (C=O) groups is 1. The molecule has 0 bridgehead atoms. The zero-order valence-electron chi connectivity index (χ0n) is 16.4. The van der Waals surface area contributed by atoms with Crippen molar-refractivity contribution >= 4 is 11.6 Å². The molecule has 3 aromatic rings. The van der Waals surface area contributed by atoms with E-state index in [0.717, 1.165) is 17.0 Å². The minimum absolute atomic E-state index is 0.0760. The van der Waals surface area contributed by atoms with Crippen LogP contribution in [0.4, 0.5) is 4.39 Å². The Morgan fingerprint density at radius 1 is 1.34 bits per heavy atom. The van der Waals surface area contributed by atoms with Crippen molar-refractivity contribution in [2.75, 3.05) is 13.2 Å². The Kier molecular flexibility index (Phi) is 6.39. The van der Waals surface area contributed by atoms with E-state index in [2.05, 4.69) is 21.5 Å². The maximum Gasteiger partial charge on any atom is 0.220 e. The number of ether oxygens (including phenoxy) is 1. The fourth-order valence-corrected chi connectivity index (χ4v) is 3.12. The topological polar surface area (TPSA) is 92.3 Å². The van der Waals surface area contributed by atoms with Crippen molar-refractivity contribution in [3.8, 4) is 11.8 Å². The van der Waals surface area contributed by atoms with E-state index < -0.39 is 5.82 Å². The predicted octanol–water partition coefficient (Wildman–Crippen LogP) is 2.87. The van der Waals surface area contributed by atoms with Crippen LogP contribution >= 0.6 is 0 Å². The summed E-state index contributed by atoms with van der Waals surface area (Å²) in [6.07, 6.45) is 2.92. The highest BCUT2D eigenvalue weighted by molar-refractivity contribution is 5.76. The highest BCUT2D eigenvalue weighted by atomic mass is 19.1. The van der Waals surface area contributed by atoms with Gasteiger partial charge in [-0.15, -0.1) is 0 Å². The first-order valence-corrected chi connectivity index (χ1v) is 9.39. The van der Waals surface area contributed by atoms with Gasteiger partial charge < -0.3 is 10.1 Å². The monoisotopic (exact) mass is 395 g/mol. The first-order valence-electron chi connectivity index (χ1n) is 9.39. The lowest BCUT2D eigenvalue weighted by atomic mass is 10.1. The van der Waals surface area contributed by atoms with Crippen molar-refractivity contribution in [2.24, 2.45) is 0 Å². The van der Waals surface area contributed by atoms with Crippen LogP contribution < -0.4 is 10.1 Å². The van der Waals surface area contributed by atoms with Gasteiger partial charge in [-0.2, -0.15) is 10.4 Å². The van der Waals surface area contributed by atoms with Crippen LogP contribution in [0, 0.1) is 31.0 Å². The first kappa shape index (κ1) is 20.3. The number of hydrogen-bond acceptors (Lipinski definition) is 5. The minimum atomic E-state index is -0.396. The van der Waals surface area contributed by atoms with Crippen LogP contribution in [0.1, 0.15) is 35.4 Å². The summed E-state index contributed by atoms with van der Waals surface area (Å²) in [5, 5.41) is 16.2. The Morgan fingerprint density at radius 2 is 2.14 bits per heavy atom. The summed E-state index contributed by atoms with van der Waals surface area (Å²) < 4.78 is 20.5. The van der Waals surface area contributed by atoms with Gasteiger partial charge in [-0.3, -0.25) is 4.79 Å². The van der Waals surface area contributed by atoms with Gasteiger partial charge in [-0.1, -0.05) is 12.1 Å². The Bertz CT molecular complexity index is 1070. The number of para-hydroxylation sites is 1. The van der Waals surface area contributed by atoms with Crippen LogP contribution in [0.25, 0.3) is 5.65 Å². The Labute approximate surface area is 168 Å². The zero-order valence-corrected chi connectivity index (χ0v) is 16.4. The molecule has 8 heteroatoms. The number of hydrogen-bond donors (Lipinski definition) is 1. The van der Waals surface area contributed by atoms with Gasteiger partial charge in [0.2, 0.25) is 5.91 Å². The molecular weight excluding hydrogens is 373 g/mol. The number of aryl methyl sites for hydroxylation is 2. The molecule has 0 aliphatic carbocycles. The van der Waals surface area contributed by atoms with Gasteiger partial charge in [0.1, 0.15) is 11.6 Å². The zero-order chi connectivity index (χ0) is 20.8. The first-order chi connectivity index (χ1) is 14.0. The van der Waals surface area contributed by atoms with Gasteiger partial charge in [-0.05, 0) is 44.4 Å². The highest BCUT2D eigenvalue weighted by Gasteiger charge is 2.14. The summed E-state index contributed by atoms with van der Waals surface area (Å²) in [4.78, 5) is 16.6. The molecule has 2 heterocycles. The lowest BCUT2D eigenvalue weighted by Gasteiger charge is -2.11. The molecule has 1 N–H and O–H groups in total. The summed E-state index contributed by atoms with van der Waals surface area (Å²) in [6.45, 7) is 4.55. The van der Waals surface area contributed by atoms with Crippen LogP contribution in [-0.2, 0) is 11.2 Å². The normalized spacial score (nSPS) is 10.7. The van der Waals surface area contributed by atoms with Crippen LogP contribution in [0.15, 0.2) is 30.5 Å². The molecule has 29 heavy (non-hydrogen) atoms. The number of rotatable bonds is 8. The van der Waals surface area contributed by atoms with Gasteiger partial charge in [0.15, 0.2) is 17.2 Å². The van der Waals surface area contributed by atoms with Crippen molar-refractivity contribution in [1.82, 2.24) is 19.9 Å². The van der Waals surface area contributed by atoms with Gasteiger partial charge >= 0.3 is 0 Å².